The van der Waals surface area contributed by atoms with Crippen molar-refractivity contribution in [1.29, 1.82) is 0 Å². The van der Waals surface area contributed by atoms with E-state index in [9.17, 15) is 9.59 Å². The number of aliphatic carboxylic acids is 1. The van der Waals surface area contributed by atoms with Crippen molar-refractivity contribution in [3.63, 3.8) is 0 Å². The molecule has 0 saturated carbocycles. The summed E-state index contributed by atoms with van der Waals surface area (Å²) in [5.41, 5.74) is 0.379. The van der Waals surface area contributed by atoms with Gasteiger partial charge in [-0.2, -0.15) is 0 Å². The Kier molecular flexibility index (Phi) is 4.25. The Morgan fingerprint density at radius 3 is 2.59 bits per heavy atom. The zero-order valence-corrected chi connectivity index (χ0v) is 10.1. The molecule has 0 unspecified atom stereocenters. The van der Waals surface area contributed by atoms with Gasteiger partial charge in [0.25, 0.3) is 5.91 Å². The molecule has 0 radical (unpaired) electrons. The maximum atomic E-state index is 12.1. The van der Waals surface area contributed by atoms with Crippen LogP contribution in [0, 0.1) is 6.92 Å². The highest BCUT2D eigenvalue weighted by Gasteiger charge is 2.22. The van der Waals surface area contributed by atoms with Crippen LogP contribution in [0.25, 0.3) is 0 Å². The number of amides is 1. The van der Waals surface area contributed by atoms with E-state index in [2.05, 4.69) is 5.16 Å². The molecule has 17 heavy (non-hydrogen) atoms. The van der Waals surface area contributed by atoms with Crippen molar-refractivity contribution in [2.45, 2.75) is 33.2 Å². The second-order valence-corrected chi connectivity index (χ2v) is 4.03. The highest BCUT2D eigenvalue weighted by molar-refractivity contribution is 5.95. The SMILES string of the molecule is Cc1oncc1C(=O)N(CCC(=O)O)C(C)C. The smallest absolute Gasteiger partial charge is 0.305 e. The van der Waals surface area contributed by atoms with Crippen molar-refractivity contribution in [2.24, 2.45) is 0 Å². The molecule has 0 atom stereocenters. The van der Waals surface area contributed by atoms with Gasteiger partial charge < -0.3 is 14.5 Å². The Morgan fingerprint density at radius 1 is 1.53 bits per heavy atom. The van der Waals surface area contributed by atoms with E-state index < -0.39 is 5.97 Å². The minimum absolute atomic E-state index is 0.0730. The Hall–Kier alpha value is -1.85. The monoisotopic (exact) mass is 240 g/mol. The number of aromatic nitrogens is 1. The summed E-state index contributed by atoms with van der Waals surface area (Å²) in [7, 11) is 0. The van der Waals surface area contributed by atoms with Crippen LogP contribution in [0.2, 0.25) is 0 Å². The van der Waals surface area contributed by atoms with Crippen molar-refractivity contribution in [1.82, 2.24) is 10.1 Å². The molecule has 0 aromatic carbocycles. The molecule has 0 aliphatic heterocycles. The van der Waals surface area contributed by atoms with E-state index in [1.807, 2.05) is 13.8 Å². The Bertz CT molecular complexity index is 411. The van der Waals surface area contributed by atoms with Crippen molar-refractivity contribution in [3.8, 4) is 0 Å². The van der Waals surface area contributed by atoms with E-state index in [4.69, 9.17) is 9.63 Å². The number of hydrogen-bond donors (Lipinski definition) is 1. The maximum Gasteiger partial charge on any atom is 0.305 e. The number of carbonyl (C=O) groups is 2. The Morgan fingerprint density at radius 2 is 2.18 bits per heavy atom. The molecule has 0 spiro atoms. The van der Waals surface area contributed by atoms with Crippen molar-refractivity contribution >= 4 is 11.9 Å². The van der Waals surface area contributed by atoms with Gasteiger partial charge in [0.1, 0.15) is 11.3 Å². The number of rotatable bonds is 5. The molecular formula is C11H16N2O4. The quantitative estimate of drug-likeness (QED) is 0.838. The van der Waals surface area contributed by atoms with E-state index in [1.165, 1.54) is 11.1 Å². The minimum atomic E-state index is -0.925. The van der Waals surface area contributed by atoms with E-state index in [-0.39, 0.29) is 24.9 Å². The number of carboxylic acids is 1. The predicted molar refractivity (Wildman–Crippen MR) is 59.7 cm³/mol. The Labute approximate surface area is 99.2 Å². The van der Waals surface area contributed by atoms with Crippen LogP contribution in [0.1, 0.15) is 36.4 Å². The lowest BCUT2D eigenvalue weighted by molar-refractivity contribution is -0.137. The average molecular weight is 240 g/mol. The topological polar surface area (TPSA) is 83.6 Å². The standard InChI is InChI=1S/C11H16N2O4/c1-7(2)13(5-4-10(14)15)11(16)9-6-12-17-8(9)3/h6-7H,4-5H2,1-3H3,(H,14,15). The van der Waals surface area contributed by atoms with Crippen LogP contribution in [0.4, 0.5) is 0 Å². The second-order valence-electron chi connectivity index (χ2n) is 4.03. The first-order chi connectivity index (χ1) is 7.93. The van der Waals surface area contributed by atoms with Crippen LogP contribution in [0.5, 0.6) is 0 Å². The summed E-state index contributed by atoms with van der Waals surface area (Å²) in [6, 6.07) is -0.0730. The average Bonchev–Trinajstić information content (AvgIpc) is 2.63. The lowest BCUT2D eigenvalue weighted by Crippen LogP contribution is -2.38. The minimum Gasteiger partial charge on any atom is -0.481 e. The predicted octanol–water partition coefficient (Wildman–Crippen LogP) is 1.31. The summed E-state index contributed by atoms with van der Waals surface area (Å²) in [5, 5.41) is 12.2. The lowest BCUT2D eigenvalue weighted by Gasteiger charge is -2.25. The number of aryl methyl sites for hydroxylation is 1. The molecular weight excluding hydrogens is 224 g/mol. The highest BCUT2D eigenvalue weighted by Crippen LogP contribution is 2.12. The van der Waals surface area contributed by atoms with Crippen molar-refractivity contribution in [3.05, 3.63) is 17.5 Å². The molecule has 1 aromatic heterocycles. The molecule has 0 fully saturated rings. The highest BCUT2D eigenvalue weighted by atomic mass is 16.5. The molecule has 1 N–H and O–H groups in total. The summed E-state index contributed by atoms with van der Waals surface area (Å²) < 4.78 is 4.83. The van der Waals surface area contributed by atoms with Gasteiger partial charge >= 0.3 is 5.97 Å². The molecule has 1 amide bonds. The normalized spacial score (nSPS) is 10.6. The molecule has 0 saturated heterocycles. The molecule has 0 bridgehead atoms. The van der Waals surface area contributed by atoms with Gasteiger partial charge in [0.05, 0.1) is 12.6 Å². The van der Waals surface area contributed by atoms with Gasteiger partial charge in [-0.1, -0.05) is 5.16 Å². The first-order valence-electron chi connectivity index (χ1n) is 5.37. The van der Waals surface area contributed by atoms with Crippen LogP contribution in [-0.2, 0) is 4.79 Å². The van der Waals surface area contributed by atoms with Crippen molar-refractivity contribution < 1.29 is 19.2 Å². The second kappa shape index (κ2) is 5.47. The third kappa shape index (κ3) is 3.30. The van der Waals surface area contributed by atoms with E-state index in [0.717, 1.165) is 0 Å². The molecule has 1 rings (SSSR count). The number of nitrogens with zero attached hydrogens (tertiary/aromatic N) is 2. The van der Waals surface area contributed by atoms with Gasteiger partial charge in [0.2, 0.25) is 0 Å². The van der Waals surface area contributed by atoms with Gasteiger partial charge in [0.15, 0.2) is 0 Å². The molecule has 6 nitrogen and oxygen atoms in total. The summed E-state index contributed by atoms with van der Waals surface area (Å²) >= 11 is 0. The first-order valence-corrected chi connectivity index (χ1v) is 5.37. The van der Waals surface area contributed by atoms with Gasteiger partial charge in [0, 0.05) is 12.6 Å². The van der Waals surface area contributed by atoms with Gasteiger partial charge in [-0.05, 0) is 20.8 Å². The van der Waals surface area contributed by atoms with E-state index in [0.29, 0.717) is 11.3 Å². The summed E-state index contributed by atoms with van der Waals surface area (Å²) in [5.74, 6) is -0.735. The molecule has 6 heteroatoms. The fraction of sp³-hybridized carbons (Fsp3) is 0.545. The number of hydrogen-bond acceptors (Lipinski definition) is 4. The molecule has 1 aromatic rings. The molecule has 0 aliphatic carbocycles. The third-order valence-electron chi connectivity index (χ3n) is 2.43. The summed E-state index contributed by atoms with van der Waals surface area (Å²) in [6.07, 6.45) is 1.28. The zero-order chi connectivity index (χ0) is 13.0. The van der Waals surface area contributed by atoms with Crippen molar-refractivity contribution in [2.75, 3.05) is 6.54 Å². The third-order valence-corrected chi connectivity index (χ3v) is 2.43. The summed E-state index contributed by atoms with van der Waals surface area (Å²) in [6.45, 7) is 5.50. The van der Waals surface area contributed by atoms with Crippen LogP contribution in [0.3, 0.4) is 0 Å². The van der Waals surface area contributed by atoms with Crippen LogP contribution >= 0.6 is 0 Å². The van der Waals surface area contributed by atoms with E-state index in [1.54, 1.807) is 6.92 Å². The van der Waals surface area contributed by atoms with Crippen LogP contribution < -0.4 is 0 Å². The molecule has 0 aliphatic rings. The van der Waals surface area contributed by atoms with Gasteiger partial charge in [-0.15, -0.1) is 0 Å². The Balaban J connectivity index is 2.81. The first kappa shape index (κ1) is 13.2. The maximum absolute atomic E-state index is 12.1. The molecule has 1 heterocycles. The fourth-order valence-corrected chi connectivity index (χ4v) is 1.47. The largest absolute Gasteiger partial charge is 0.481 e. The van der Waals surface area contributed by atoms with E-state index >= 15 is 0 Å². The van der Waals surface area contributed by atoms with Crippen LogP contribution in [0.15, 0.2) is 10.7 Å². The van der Waals surface area contributed by atoms with Crippen LogP contribution in [-0.4, -0.2) is 39.6 Å². The lowest BCUT2D eigenvalue weighted by atomic mass is 10.2. The van der Waals surface area contributed by atoms with Gasteiger partial charge in [-0.3, -0.25) is 9.59 Å². The number of carbonyl (C=O) groups excluding carboxylic acids is 1. The van der Waals surface area contributed by atoms with Gasteiger partial charge in [-0.25, -0.2) is 0 Å². The summed E-state index contributed by atoms with van der Waals surface area (Å²) in [4.78, 5) is 24.1. The fourth-order valence-electron chi connectivity index (χ4n) is 1.47. The molecule has 94 valence electrons. The zero-order valence-electron chi connectivity index (χ0n) is 10.1. The number of carboxylic acid groups (broad SMARTS) is 1.